The van der Waals surface area contributed by atoms with E-state index in [1.807, 2.05) is 35.1 Å². The normalized spacial score (nSPS) is 13.2. The largest absolute Gasteiger partial charge is 0.418 e. The number of likely N-dealkylation sites (N-methyl/N-ethyl adjacent to an activating group) is 2. The average molecular weight is 327 g/mol. The van der Waals surface area contributed by atoms with Crippen molar-refractivity contribution < 1.29 is 13.9 Å². The molecule has 0 aliphatic rings. The van der Waals surface area contributed by atoms with Crippen molar-refractivity contribution in [2.24, 2.45) is 0 Å². The lowest BCUT2D eigenvalue weighted by atomic mass is 10.4. The van der Waals surface area contributed by atoms with Gasteiger partial charge >= 0.3 is 0 Å². The molecule has 7 heteroatoms. The maximum Gasteiger partial charge on any atom is 0.227 e. The third-order valence-electron chi connectivity index (χ3n) is 2.81. The molecule has 122 valence electrons. The third kappa shape index (κ3) is 10.1. The van der Waals surface area contributed by atoms with E-state index in [0.29, 0.717) is 32.1 Å². The van der Waals surface area contributed by atoms with Gasteiger partial charge in [-0.25, -0.2) is 0 Å². The third-order valence-corrected chi connectivity index (χ3v) is 4.81. The van der Waals surface area contributed by atoms with Gasteiger partial charge < -0.3 is 23.7 Å². The summed E-state index contributed by atoms with van der Waals surface area (Å²) in [4.78, 5) is 4.18. The minimum atomic E-state index is -0.948. The molecular formula is C13H31ClN2O3Si. The molecule has 0 saturated carbocycles. The van der Waals surface area contributed by atoms with E-state index in [2.05, 4.69) is 9.80 Å². The van der Waals surface area contributed by atoms with Crippen molar-refractivity contribution in [3.8, 4) is 0 Å². The molecule has 0 aliphatic carbocycles. The molecule has 0 aromatic heterocycles. The van der Waals surface area contributed by atoms with Gasteiger partial charge in [-0.2, -0.15) is 0 Å². The standard InChI is InChI=1S/C13H31ClN2O3Si/c1-6-19-20-13(7-8-14,17-11-9-15(2)3)18-12-10-16(4)5/h6-12,20H2,1-5H3. The Morgan fingerprint density at radius 1 is 1.00 bits per heavy atom. The maximum absolute atomic E-state index is 6.03. The van der Waals surface area contributed by atoms with E-state index in [1.165, 1.54) is 0 Å². The van der Waals surface area contributed by atoms with Gasteiger partial charge in [0.2, 0.25) is 9.76 Å². The van der Waals surface area contributed by atoms with Gasteiger partial charge in [0.05, 0.1) is 13.2 Å². The number of ether oxygens (including phenoxy) is 2. The minimum absolute atomic E-state index is 0.518. The molecule has 0 amide bonds. The lowest BCUT2D eigenvalue weighted by Crippen LogP contribution is -2.46. The van der Waals surface area contributed by atoms with Crippen molar-refractivity contribution in [2.45, 2.75) is 18.8 Å². The second-order valence-electron chi connectivity index (χ2n) is 5.29. The predicted octanol–water partition coefficient (Wildman–Crippen LogP) is 0.546. The van der Waals surface area contributed by atoms with Gasteiger partial charge in [0.25, 0.3) is 0 Å². The van der Waals surface area contributed by atoms with E-state index in [-0.39, 0.29) is 0 Å². The first-order valence-corrected chi connectivity index (χ1v) is 8.98. The fourth-order valence-electron chi connectivity index (χ4n) is 1.57. The van der Waals surface area contributed by atoms with Gasteiger partial charge in [0.1, 0.15) is 0 Å². The highest BCUT2D eigenvalue weighted by molar-refractivity contribution is 6.31. The molecule has 0 spiro atoms. The maximum atomic E-state index is 6.03. The number of halogens is 1. The molecular weight excluding hydrogens is 296 g/mol. The van der Waals surface area contributed by atoms with Crippen LogP contribution in [0.5, 0.6) is 0 Å². The van der Waals surface area contributed by atoms with Crippen molar-refractivity contribution in [1.29, 1.82) is 0 Å². The Morgan fingerprint density at radius 3 is 1.85 bits per heavy atom. The van der Waals surface area contributed by atoms with E-state index in [9.17, 15) is 0 Å². The SMILES string of the molecule is CCO[SiH2]C(CCCl)(OCCN(C)C)OCCN(C)C. The molecule has 0 saturated heterocycles. The van der Waals surface area contributed by atoms with Gasteiger partial charge in [-0.05, 0) is 35.1 Å². The molecule has 0 bridgehead atoms. The van der Waals surface area contributed by atoms with Gasteiger partial charge in [0.15, 0.2) is 5.41 Å². The Balaban J connectivity index is 4.47. The zero-order valence-electron chi connectivity index (χ0n) is 13.7. The monoisotopic (exact) mass is 326 g/mol. The van der Waals surface area contributed by atoms with Crippen LogP contribution in [0.2, 0.25) is 0 Å². The van der Waals surface area contributed by atoms with E-state index in [4.69, 9.17) is 25.5 Å². The molecule has 0 rings (SSSR count). The van der Waals surface area contributed by atoms with Crippen LogP contribution in [0.3, 0.4) is 0 Å². The van der Waals surface area contributed by atoms with Crippen LogP contribution in [0.4, 0.5) is 0 Å². The number of nitrogens with zero attached hydrogens (tertiary/aromatic N) is 2. The smallest absolute Gasteiger partial charge is 0.227 e. The summed E-state index contributed by atoms with van der Waals surface area (Å²) in [7, 11) is 7.16. The van der Waals surface area contributed by atoms with E-state index < -0.39 is 15.2 Å². The van der Waals surface area contributed by atoms with Gasteiger partial charge in [-0.3, -0.25) is 0 Å². The number of hydrogen-bond acceptors (Lipinski definition) is 5. The molecule has 0 aromatic carbocycles. The molecule has 0 radical (unpaired) electrons. The van der Waals surface area contributed by atoms with Gasteiger partial charge in [-0.1, -0.05) is 0 Å². The van der Waals surface area contributed by atoms with Crippen LogP contribution in [-0.4, -0.2) is 92.0 Å². The van der Waals surface area contributed by atoms with Crippen LogP contribution < -0.4 is 0 Å². The van der Waals surface area contributed by atoms with E-state index in [1.54, 1.807) is 0 Å². The summed E-state index contributed by atoms with van der Waals surface area (Å²) < 4.78 is 17.7. The quantitative estimate of drug-likeness (QED) is 0.280. The molecule has 0 fully saturated rings. The molecule has 0 N–H and O–H groups in total. The number of rotatable bonds is 13. The number of hydrogen-bond donors (Lipinski definition) is 0. The van der Waals surface area contributed by atoms with E-state index in [0.717, 1.165) is 13.1 Å². The second-order valence-corrected chi connectivity index (χ2v) is 7.44. The van der Waals surface area contributed by atoms with Crippen molar-refractivity contribution in [1.82, 2.24) is 9.80 Å². The molecule has 0 aromatic rings. The highest BCUT2D eigenvalue weighted by Crippen LogP contribution is 2.18. The van der Waals surface area contributed by atoms with Crippen molar-refractivity contribution in [3.05, 3.63) is 0 Å². The minimum Gasteiger partial charge on any atom is -0.418 e. The Bertz CT molecular complexity index is 220. The van der Waals surface area contributed by atoms with Crippen LogP contribution in [-0.2, 0) is 13.9 Å². The molecule has 0 unspecified atom stereocenters. The first-order valence-electron chi connectivity index (χ1n) is 7.17. The van der Waals surface area contributed by atoms with Gasteiger partial charge in [-0.15, -0.1) is 11.6 Å². The van der Waals surface area contributed by atoms with Gasteiger partial charge in [0, 0.05) is 32.0 Å². The lowest BCUT2D eigenvalue weighted by molar-refractivity contribution is -0.190. The topological polar surface area (TPSA) is 34.2 Å². The second kappa shape index (κ2) is 11.9. The molecule has 0 heterocycles. The first kappa shape index (κ1) is 20.3. The summed E-state index contributed by atoms with van der Waals surface area (Å²) in [6, 6.07) is 0. The van der Waals surface area contributed by atoms with Crippen LogP contribution in [0, 0.1) is 0 Å². The van der Waals surface area contributed by atoms with Crippen LogP contribution in [0.1, 0.15) is 13.3 Å². The van der Waals surface area contributed by atoms with Crippen LogP contribution >= 0.6 is 11.6 Å². The Morgan fingerprint density at radius 2 is 1.50 bits per heavy atom. The number of alkyl halides is 1. The molecule has 20 heavy (non-hydrogen) atoms. The average Bonchev–Trinajstić information content (AvgIpc) is 2.35. The molecule has 0 atom stereocenters. The zero-order chi connectivity index (χ0) is 15.4. The Hall–Kier alpha value is 0.307. The Kier molecular flexibility index (Phi) is 12.1. The molecule has 5 nitrogen and oxygen atoms in total. The summed E-state index contributed by atoms with van der Waals surface area (Å²) in [5, 5.41) is 0. The lowest BCUT2D eigenvalue weighted by Gasteiger charge is -2.33. The fraction of sp³-hybridized carbons (Fsp3) is 1.00. The summed E-state index contributed by atoms with van der Waals surface area (Å²) in [5.41, 5.74) is -0.593. The first-order chi connectivity index (χ1) is 9.45. The summed E-state index contributed by atoms with van der Waals surface area (Å²) >= 11 is 5.93. The van der Waals surface area contributed by atoms with Crippen LogP contribution in [0.15, 0.2) is 0 Å². The summed E-state index contributed by atoms with van der Waals surface area (Å²) in [6.07, 6.45) is 0.682. The summed E-state index contributed by atoms with van der Waals surface area (Å²) in [6.45, 7) is 5.68. The Labute approximate surface area is 131 Å². The highest BCUT2D eigenvalue weighted by Gasteiger charge is 2.32. The van der Waals surface area contributed by atoms with Crippen LogP contribution in [0.25, 0.3) is 0 Å². The van der Waals surface area contributed by atoms with Crippen molar-refractivity contribution >= 4 is 21.4 Å². The van der Waals surface area contributed by atoms with Crippen molar-refractivity contribution in [2.75, 3.05) is 67.0 Å². The zero-order valence-corrected chi connectivity index (χ0v) is 15.8. The fourth-order valence-corrected chi connectivity index (χ4v) is 3.38. The van der Waals surface area contributed by atoms with Crippen molar-refractivity contribution in [3.63, 3.8) is 0 Å². The molecule has 0 aliphatic heterocycles. The summed E-state index contributed by atoms with van der Waals surface area (Å²) in [5.74, 6) is 0.518. The predicted molar refractivity (Wildman–Crippen MR) is 87.3 cm³/mol. The highest BCUT2D eigenvalue weighted by atomic mass is 35.5. The van der Waals surface area contributed by atoms with E-state index >= 15 is 0 Å².